The Hall–Kier alpha value is -0.780. The van der Waals surface area contributed by atoms with Gasteiger partial charge in [-0.25, -0.2) is 4.98 Å². The summed E-state index contributed by atoms with van der Waals surface area (Å²) >= 11 is 1.36. The first kappa shape index (κ1) is 10.7. The van der Waals surface area contributed by atoms with Crippen molar-refractivity contribution >= 4 is 17.1 Å². The third-order valence-electron chi connectivity index (χ3n) is 2.79. The van der Waals surface area contributed by atoms with Crippen molar-refractivity contribution in [1.82, 2.24) is 10.3 Å². The third-order valence-corrected chi connectivity index (χ3v) is 3.58. The van der Waals surface area contributed by atoms with Crippen LogP contribution in [0.5, 0.6) is 0 Å². The highest BCUT2D eigenvalue weighted by Crippen LogP contribution is 2.17. The minimum atomic E-state index is -0.399. The number of Topliss-reactive ketones (excluding diaryl/α,β-unsaturated/α-hetero) is 1. The second-order valence-electron chi connectivity index (χ2n) is 3.83. The van der Waals surface area contributed by atoms with Crippen LogP contribution >= 0.6 is 11.3 Å². The molecule has 82 valence electrons. The summed E-state index contributed by atoms with van der Waals surface area (Å²) in [6.45, 7) is 1.88. The first-order valence-electron chi connectivity index (χ1n) is 5.19. The molecule has 1 fully saturated rings. The van der Waals surface area contributed by atoms with Gasteiger partial charge in [-0.15, -0.1) is 11.3 Å². The van der Waals surface area contributed by atoms with Crippen LogP contribution in [-0.4, -0.2) is 29.9 Å². The fourth-order valence-corrected chi connectivity index (χ4v) is 2.51. The van der Waals surface area contributed by atoms with E-state index < -0.39 is 6.04 Å². The average molecular weight is 225 g/mol. The Kier molecular flexibility index (Phi) is 3.45. The molecule has 5 heteroatoms. The largest absolute Gasteiger partial charge is 0.321 e. The predicted octanol–water partition coefficient (Wildman–Crippen LogP) is 0.653. The van der Waals surface area contributed by atoms with Crippen molar-refractivity contribution in [3.8, 4) is 0 Å². The molecule has 2 rings (SSSR count). The molecule has 0 radical (unpaired) electrons. The molecule has 0 aliphatic carbocycles. The maximum absolute atomic E-state index is 11.9. The minimum absolute atomic E-state index is 0.0151. The van der Waals surface area contributed by atoms with Crippen LogP contribution in [-0.2, 0) is 0 Å². The second-order valence-corrected chi connectivity index (χ2v) is 4.73. The van der Waals surface area contributed by atoms with Gasteiger partial charge in [0.2, 0.25) is 5.78 Å². The predicted molar refractivity (Wildman–Crippen MR) is 60.0 cm³/mol. The van der Waals surface area contributed by atoms with E-state index >= 15 is 0 Å². The van der Waals surface area contributed by atoms with Gasteiger partial charge < -0.3 is 11.1 Å². The van der Waals surface area contributed by atoms with Gasteiger partial charge in [0.1, 0.15) is 0 Å². The lowest BCUT2D eigenvalue weighted by Crippen LogP contribution is -2.45. The molecule has 1 aliphatic rings. The first-order chi connectivity index (χ1) is 7.29. The van der Waals surface area contributed by atoms with Gasteiger partial charge in [0.25, 0.3) is 0 Å². The number of carbonyl (C=O) groups is 1. The Labute approximate surface area is 92.9 Å². The van der Waals surface area contributed by atoms with Crippen molar-refractivity contribution < 1.29 is 4.79 Å². The lowest BCUT2D eigenvalue weighted by molar-refractivity contribution is 0.0921. The number of carbonyl (C=O) groups excluding carboxylic acids is 1. The van der Waals surface area contributed by atoms with Crippen molar-refractivity contribution in [2.75, 3.05) is 13.1 Å². The minimum Gasteiger partial charge on any atom is -0.321 e. The summed E-state index contributed by atoms with van der Waals surface area (Å²) in [5, 5.41) is 5.61. The monoisotopic (exact) mass is 225 g/mol. The van der Waals surface area contributed by atoms with E-state index in [2.05, 4.69) is 10.3 Å². The third kappa shape index (κ3) is 2.42. The van der Waals surface area contributed by atoms with E-state index in [-0.39, 0.29) is 11.7 Å². The molecule has 4 nitrogen and oxygen atoms in total. The topological polar surface area (TPSA) is 68.0 Å². The molecular weight excluding hydrogens is 210 g/mol. The molecule has 2 heterocycles. The van der Waals surface area contributed by atoms with Crippen LogP contribution in [0.15, 0.2) is 11.6 Å². The highest BCUT2D eigenvalue weighted by molar-refractivity contribution is 7.11. The van der Waals surface area contributed by atoms with Gasteiger partial charge >= 0.3 is 0 Å². The van der Waals surface area contributed by atoms with E-state index in [1.54, 1.807) is 11.6 Å². The van der Waals surface area contributed by atoms with Gasteiger partial charge in [-0.3, -0.25) is 4.79 Å². The first-order valence-corrected chi connectivity index (χ1v) is 6.07. The van der Waals surface area contributed by atoms with Crippen LogP contribution < -0.4 is 11.1 Å². The van der Waals surface area contributed by atoms with E-state index in [1.807, 2.05) is 0 Å². The van der Waals surface area contributed by atoms with Gasteiger partial charge in [-0.1, -0.05) is 0 Å². The summed E-state index contributed by atoms with van der Waals surface area (Å²) in [4.78, 5) is 15.9. The van der Waals surface area contributed by atoms with Crippen LogP contribution in [0.4, 0.5) is 0 Å². The molecule has 0 spiro atoms. The number of nitrogens with zero attached hydrogens (tertiary/aromatic N) is 1. The summed E-state index contributed by atoms with van der Waals surface area (Å²) in [6.07, 6.45) is 3.78. The quantitative estimate of drug-likeness (QED) is 0.741. The Morgan fingerprint density at radius 2 is 2.60 bits per heavy atom. The standard InChI is InChI=1S/C10H15N3OS/c11-8(7-2-1-3-12-6-7)9(14)10-13-4-5-15-10/h4-5,7-8,12H,1-3,6,11H2. The van der Waals surface area contributed by atoms with Gasteiger partial charge in [0.15, 0.2) is 5.01 Å². The lowest BCUT2D eigenvalue weighted by atomic mass is 9.90. The van der Waals surface area contributed by atoms with Crippen molar-refractivity contribution in [3.63, 3.8) is 0 Å². The SMILES string of the molecule is NC(C(=O)c1nccs1)C1CCCNC1. The molecule has 0 saturated carbocycles. The zero-order valence-corrected chi connectivity index (χ0v) is 9.30. The number of nitrogens with two attached hydrogens (primary N) is 1. The zero-order chi connectivity index (χ0) is 10.7. The van der Waals surface area contributed by atoms with Gasteiger partial charge in [-0.05, 0) is 31.8 Å². The number of nitrogens with one attached hydrogen (secondary N) is 1. The zero-order valence-electron chi connectivity index (χ0n) is 8.48. The highest BCUT2D eigenvalue weighted by atomic mass is 32.1. The maximum Gasteiger partial charge on any atom is 0.208 e. The van der Waals surface area contributed by atoms with Crippen molar-refractivity contribution in [2.45, 2.75) is 18.9 Å². The number of hydrogen-bond donors (Lipinski definition) is 2. The fraction of sp³-hybridized carbons (Fsp3) is 0.600. The summed E-state index contributed by atoms with van der Waals surface area (Å²) in [5.41, 5.74) is 5.96. The lowest BCUT2D eigenvalue weighted by Gasteiger charge is -2.26. The maximum atomic E-state index is 11.9. The fourth-order valence-electron chi connectivity index (χ4n) is 1.89. The Morgan fingerprint density at radius 3 is 3.20 bits per heavy atom. The Morgan fingerprint density at radius 1 is 1.73 bits per heavy atom. The molecule has 2 unspecified atom stereocenters. The van der Waals surface area contributed by atoms with E-state index in [1.165, 1.54) is 11.3 Å². The van der Waals surface area contributed by atoms with Gasteiger partial charge in [0.05, 0.1) is 6.04 Å². The van der Waals surface area contributed by atoms with Crippen molar-refractivity contribution in [3.05, 3.63) is 16.6 Å². The summed E-state index contributed by atoms with van der Waals surface area (Å²) in [6, 6.07) is -0.399. The van der Waals surface area contributed by atoms with Gasteiger partial charge in [0, 0.05) is 11.6 Å². The molecule has 1 aromatic rings. The molecule has 0 bridgehead atoms. The number of thiazole rings is 1. The molecule has 15 heavy (non-hydrogen) atoms. The number of rotatable bonds is 3. The molecule has 1 aromatic heterocycles. The average Bonchev–Trinajstić information content (AvgIpc) is 2.82. The molecule has 0 aromatic carbocycles. The Balaban J connectivity index is 2.00. The molecule has 2 atom stereocenters. The number of aromatic nitrogens is 1. The molecule has 1 saturated heterocycles. The van der Waals surface area contributed by atoms with Crippen molar-refractivity contribution in [1.29, 1.82) is 0 Å². The Bertz CT molecular complexity index is 319. The van der Waals surface area contributed by atoms with Crippen molar-refractivity contribution in [2.24, 2.45) is 11.7 Å². The summed E-state index contributed by atoms with van der Waals surface area (Å²) in [5.74, 6) is 0.244. The summed E-state index contributed by atoms with van der Waals surface area (Å²) < 4.78 is 0. The number of hydrogen-bond acceptors (Lipinski definition) is 5. The van der Waals surface area contributed by atoms with E-state index in [4.69, 9.17) is 5.73 Å². The van der Waals surface area contributed by atoms with Crippen LogP contribution in [0, 0.1) is 5.92 Å². The van der Waals surface area contributed by atoms with E-state index in [9.17, 15) is 4.79 Å². The van der Waals surface area contributed by atoms with E-state index in [0.717, 1.165) is 25.9 Å². The van der Waals surface area contributed by atoms with E-state index in [0.29, 0.717) is 5.01 Å². The van der Waals surface area contributed by atoms with Crippen LogP contribution in [0.1, 0.15) is 22.6 Å². The highest BCUT2D eigenvalue weighted by Gasteiger charge is 2.27. The second kappa shape index (κ2) is 4.83. The van der Waals surface area contributed by atoms with Crippen LogP contribution in [0.3, 0.4) is 0 Å². The number of ketones is 1. The molecule has 0 amide bonds. The molecular formula is C10H15N3OS. The molecule has 3 N–H and O–H groups in total. The number of piperidine rings is 1. The molecule has 1 aliphatic heterocycles. The normalized spacial score (nSPS) is 23.7. The smallest absolute Gasteiger partial charge is 0.208 e. The summed E-state index contributed by atoms with van der Waals surface area (Å²) in [7, 11) is 0. The van der Waals surface area contributed by atoms with Crippen LogP contribution in [0.2, 0.25) is 0 Å². The van der Waals surface area contributed by atoms with Gasteiger partial charge in [-0.2, -0.15) is 0 Å². The van der Waals surface area contributed by atoms with Crippen LogP contribution in [0.25, 0.3) is 0 Å².